The second-order valence-electron chi connectivity index (χ2n) is 4.28. The van der Waals surface area contributed by atoms with Crippen molar-refractivity contribution in [2.24, 2.45) is 0 Å². The molecule has 0 N–H and O–H groups in total. The molecule has 5 nitrogen and oxygen atoms in total. The maximum absolute atomic E-state index is 4.47. The summed E-state index contributed by atoms with van der Waals surface area (Å²) in [5.74, 6) is 1.24. The van der Waals surface area contributed by atoms with Crippen molar-refractivity contribution < 1.29 is 0 Å². The molecule has 0 aliphatic carbocycles. The molecule has 0 bridgehead atoms. The number of imidazole rings is 1. The Morgan fingerprint density at radius 1 is 1.26 bits per heavy atom. The van der Waals surface area contributed by atoms with E-state index in [0.29, 0.717) is 0 Å². The standard InChI is InChI=1S/C13H15N5S/c1-3-17-8-6-14-12(17)10(2)11-4-5-16-18(11)13-15-7-9-19-13/h4-10H,3H2,1-2H3. The molecule has 0 saturated heterocycles. The molecule has 1 atom stereocenters. The molecule has 0 saturated carbocycles. The molecule has 6 heteroatoms. The van der Waals surface area contributed by atoms with E-state index in [0.717, 1.165) is 23.2 Å². The van der Waals surface area contributed by atoms with E-state index in [1.165, 1.54) is 0 Å². The van der Waals surface area contributed by atoms with E-state index in [2.05, 4.69) is 33.5 Å². The van der Waals surface area contributed by atoms with Gasteiger partial charge in [0.15, 0.2) is 0 Å². The first kappa shape index (κ1) is 12.1. The summed E-state index contributed by atoms with van der Waals surface area (Å²) in [6.45, 7) is 5.19. The first-order valence-electron chi connectivity index (χ1n) is 6.26. The monoisotopic (exact) mass is 273 g/mol. The molecular formula is C13H15N5S. The van der Waals surface area contributed by atoms with Crippen molar-refractivity contribution in [2.75, 3.05) is 0 Å². The second kappa shape index (κ2) is 4.97. The predicted molar refractivity (Wildman–Crippen MR) is 74.7 cm³/mol. The van der Waals surface area contributed by atoms with Crippen LogP contribution < -0.4 is 0 Å². The van der Waals surface area contributed by atoms with E-state index in [1.54, 1.807) is 17.5 Å². The van der Waals surface area contributed by atoms with E-state index >= 15 is 0 Å². The fraction of sp³-hybridized carbons (Fsp3) is 0.308. The summed E-state index contributed by atoms with van der Waals surface area (Å²) in [4.78, 5) is 8.79. The molecule has 0 spiro atoms. The first-order chi connectivity index (χ1) is 9.31. The van der Waals surface area contributed by atoms with Crippen molar-refractivity contribution in [2.45, 2.75) is 26.3 Å². The predicted octanol–water partition coefficient (Wildman–Crippen LogP) is 2.70. The molecule has 0 amide bonds. The molecular weight excluding hydrogens is 258 g/mol. The molecule has 19 heavy (non-hydrogen) atoms. The third kappa shape index (κ3) is 2.08. The van der Waals surface area contributed by atoms with Crippen LogP contribution in [0.5, 0.6) is 0 Å². The topological polar surface area (TPSA) is 48.5 Å². The zero-order valence-electron chi connectivity index (χ0n) is 10.9. The molecule has 0 radical (unpaired) electrons. The lowest BCUT2D eigenvalue weighted by molar-refractivity contribution is 0.643. The van der Waals surface area contributed by atoms with Crippen molar-refractivity contribution in [3.63, 3.8) is 0 Å². The summed E-state index contributed by atoms with van der Waals surface area (Å²) in [5.41, 5.74) is 1.11. The molecule has 98 valence electrons. The summed E-state index contributed by atoms with van der Waals surface area (Å²) in [5, 5.41) is 7.22. The minimum Gasteiger partial charge on any atom is -0.335 e. The fourth-order valence-corrected chi connectivity index (χ4v) is 2.84. The Morgan fingerprint density at radius 3 is 2.89 bits per heavy atom. The lowest BCUT2D eigenvalue weighted by atomic mass is 10.1. The van der Waals surface area contributed by atoms with Crippen molar-refractivity contribution in [1.29, 1.82) is 0 Å². The number of aromatic nitrogens is 5. The van der Waals surface area contributed by atoms with E-state index in [1.807, 2.05) is 34.7 Å². The smallest absolute Gasteiger partial charge is 0.210 e. The summed E-state index contributed by atoms with van der Waals surface area (Å²) in [6, 6.07) is 2.03. The van der Waals surface area contributed by atoms with Gasteiger partial charge in [0, 0.05) is 36.7 Å². The van der Waals surface area contributed by atoms with Crippen LogP contribution in [0.4, 0.5) is 0 Å². The van der Waals surface area contributed by atoms with Crippen LogP contribution in [0, 0.1) is 0 Å². The zero-order chi connectivity index (χ0) is 13.2. The van der Waals surface area contributed by atoms with Crippen LogP contribution in [0.1, 0.15) is 31.3 Å². The largest absolute Gasteiger partial charge is 0.335 e. The van der Waals surface area contributed by atoms with Crippen molar-refractivity contribution >= 4 is 11.3 Å². The normalized spacial score (nSPS) is 12.7. The number of thiazole rings is 1. The Kier molecular flexibility index (Phi) is 3.16. The summed E-state index contributed by atoms with van der Waals surface area (Å²) in [6.07, 6.45) is 7.46. The molecule has 1 unspecified atom stereocenters. The highest BCUT2D eigenvalue weighted by Crippen LogP contribution is 2.25. The van der Waals surface area contributed by atoms with Crippen molar-refractivity contribution in [3.8, 4) is 5.13 Å². The minimum absolute atomic E-state index is 0.182. The van der Waals surface area contributed by atoms with Gasteiger partial charge in [-0.05, 0) is 19.9 Å². The van der Waals surface area contributed by atoms with Gasteiger partial charge in [-0.15, -0.1) is 11.3 Å². The average Bonchev–Trinajstić information content (AvgIpc) is 3.16. The van der Waals surface area contributed by atoms with Gasteiger partial charge in [0.05, 0.1) is 11.6 Å². The number of hydrogen-bond acceptors (Lipinski definition) is 4. The Labute approximate surface area is 115 Å². The van der Waals surface area contributed by atoms with Gasteiger partial charge in [-0.25, -0.2) is 14.6 Å². The number of rotatable bonds is 4. The van der Waals surface area contributed by atoms with E-state index in [4.69, 9.17) is 0 Å². The van der Waals surface area contributed by atoms with E-state index < -0.39 is 0 Å². The molecule has 3 heterocycles. The highest BCUT2D eigenvalue weighted by molar-refractivity contribution is 7.12. The van der Waals surface area contributed by atoms with Crippen LogP contribution in [0.2, 0.25) is 0 Å². The van der Waals surface area contributed by atoms with Gasteiger partial charge < -0.3 is 4.57 Å². The molecule has 0 aliphatic rings. The van der Waals surface area contributed by atoms with Crippen LogP contribution in [0.3, 0.4) is 0 Å². The van der Waals surface area contributed by atoms with Crippen LogP contribution in [0.25, 0.3) is 5.13 Å². The van der Waals surface area contributed by atoms with Crippen LogP contribution in [-0.4, -0.2) is 24.3 Å². The lowest BCUT2D eigenvalue weighted by Crippen LogP contribution is -2.11. The maximum Gasteiger partial charge on any atom is 0.210 e. The quantitative estimate of drug-likeness (QED) is 0.734. The molecule has 3 aromatic heterocycles. The molecule has 0 aliphatic heterocycles. The van der Waals surface area contributed by atoms with Crippen LogP contribution in [0.15, 0.2) is 36.2 Å². The van der Waals surface area contributed by atoms with Crippen molar-refractivity contribution in [1.82, 2.24) is 24.3 Å². The Bertz CT molecular complexity index is 652. The number of nitrogens with zero attached hydrogens (tertiary/aromatic N) is 5. The Hall–Kier alpha value is -1.95. The van der Waals surface area contributed by atoms with E-state index in [9.17, 15) is 0 Å². The second-order valence-corrected chi connectivity index (χ2v) is 5.15. The first-order valence-corrected chi connectivity index (χ1v) is 7.14. The zero-order valence-corrected chi connectivity index (χ0v) is 11.7. The van der Waals surface area contributed by atoms with Gasteiger partial charge in [-0.1, -0.05) is 0 Å². The van der Waals surface area contributed by atoms with Gasteiger partial charge in [0.25, 0.3) is 0 Å². The van der Waals surface area contributed by atoms with Crippen LogP contribution in [-0.2, 0) is 6.54 Å². The Morgan fingerprint density at radius 2 is 2.16 bits per heavy atom. The molecule has 0 aromatic carbocycles. The van der Waals surface area contributed by atoms with E-state index in [-0.39, 0.29) is 5.92 Å². The fourth-order valence-electron chi connectivity index (χ4n) is 2.22. The minimum atomic E-state index is 0.182. The lowest BCUT2D eigenvalue weighted by Gasteiger charge is -2.13. The number of hydrogen-bond donors (Lipinski definition) is 0. The highest BCUT2D eigenvalue weighted by Gasteiger charge is 2.19. The maximum atomic E-state index is 4.47. The van der Waals surface area contributed by atoms with Gasteiger partial charge in [-0.2, -0.15) is 5.10 Å². The average molecular weight is 273 g/mol. The summed E-state index contributed by atoms with van der Waals surface area (Å²) < 4.78 is 4.05. The molecule has 3 aromatic rings. The highest BCUT2D eigenvalue weighted by atomic mass is 32.1. The third-order valence-corrected chi connectivity index (χ3v) is 3.94. The molecule has 0 fully saturated rings. The third-order valence-electron chi connectivity index (χ3n) is 3.19. The van der Waals surface area contributed by atoms with Gasteiger partial charge >= 0.3 is 0 Å². The molecule has 3 rings (SSSR count). The summed E-state index contributed by atoms with van der Waals surface area (Å²) >= 11 is 1.58. The number of aryl methyl sites for hydroxylation is 1. The van der Waals surface area contributed by atoms with Gasteiger partial charge in [0.1, 0.15) is 5.82 Å². The van der Waals surface area contributed by atoms with Crippen LogP contribution >= 0.6 is 11.3 Å². The van der Waals surface area contributed by atoms with Gasteiger partial charge in [0.2, 0.25) is 5.13 Å². The summed E-state index contributed by atoms with van der Waals surface area (Å²) in [7, 11) is 0. The Balaban J connectivity index is 2.01. The van der Waals surface area contributed by atoms with Crippen molar-refractivity contribution in [3.05, 3.63) is 47.8 Å². The van der Waals surface area contributed by atoms with Gasteiger partial charge in [-0.3, -0.25) is 0 Å². The SMILES string of the molecule is CCn1ccnc1C(C)c1ccnn1-c1nccs1.